The average Bonchev–Trinajstić information content (AvgIpc) is 3.36. The largest absolute Gasteiger partial charge is 0.495 e. The lowest BCUT2D eigenvalue weighted by Crippen LogP contribution is -2.32. The Morgan fingerprint density at radius 2 is 2.03 bits per heavy atom. The van der Waals surface area contributed by atoms with Gasteiger partial charge in [-0.25, -0.2) is 27.6 Å². The molecule has 3 aromatic heterocycles. The Hall–Kier alpha value is -3.35. The third kappa shape index (κ3) is 3.85. The molecule has 188 valence electrons. The monoisotopic (exact) mass is 548 g/mol. The first kappa shape index (κ1) is 24.3. The van der Waals surface area contributed by atoms with Crippen LogP contribution >= 0.6 is 22.9 Å². The van der Waals surface area contributed by atoms with Crippen LogP contribution in [-0.4, -0.2) is 47.7 Å². The number of aromatic nitrogens is 3. The number of sulfonamides is 1. The van der Waals surface area contributed by atoms with Gasteiger partial charge in [-0.05, 0) is 55.3 Å². The minimum absolute atomic E-state index is 0.0164. The average molecular weight is 549 g/mol. The predicted octanol–water partition coefficient (Wildman–Crippen LogP) is 3.98. The lowest BCUT2D eigenvalue weighted by molar-refractivity contribution is 0.0690. The van der Waals surface area contributed by atoms with Crippen LogP contribution in [0.25, 0.3) is 16.9 Å². The Morgan fingerprint density at radius 1 is 1.25 bits per heavy atom. The first-order valence-corrected chi connectivity index (χ1v) is 13.7. The van der Waals surface area contributed by atoms with Crippen LogP contribution in [0.3, 0.4) is 0 Å². The van der Waals surface area contributed by atoms with E-state index in [9.17, 15) is 23.1 Å². The molecular weight excluding hydrogens is 528 g/mol. The zero-order valence-corrected chi connectivity index (χ0v) is 21.6. The summed E-state index contributed by atoms with van der Waals surface area (Å²) in [5.74, 6) is -1.25. The number of fused-ring (bicyclic) bond motifs is 2. The number of pyridine rings is 1. The third-order valence-electron chi connectivity index (χ3n) is 6.11. The highest BCUT2D eigenvalue weighted by molar-refractivity contribution is 7.93. The van der Waals surface area contributed by atoms with Gasteiger partial charge in [-0.3, -0.25) is 4.31 Å². The number of thiophene rings is 1. The van der Waals surface area contributed by atoms with Crippen molar-refractivity contribution >= 4 is 55.8 Å². The molecule has 4 aromatic rings. The van der Waals surface area contributed by atoms with Crippen molar-refractivity contribution in [2.24, 2.45) is 0 Å². The Bertz CT molecular complexity index is 1690. The zero-order chi connectivity index (χ0) is 25.8. The molecule has 1 aromatic carbocycles. The van der Waals surface area contributed by atoms with E-state index in [2.05, 4.69) is 9.97 Å². The maximum absolute atomic E-state index is 14.0. The van der Waals surface area contributed by atoms with E-state index in [0.717, 1.165) is 22.3 Å². The summed E-state index contributed by atoms with van der Waals surface area (Å²) in [6, 6.07) is 5.73. The van der Waals surface area contributed by atoms with E-state index in [0.29, 0.717) is 29.7 Å². The third-order valence-corrected chi connectivity index (χ3v) is 9.22. The van der Waals surface area contributed by atoms with Crippen molar-refractivity contribution in [3.05, 3.63) is 61.3 Å². The molecule has 2 N–H and O–H groups in total. The first-order chi connectivity index (χ1) is 17.1. The van der Waals surface area contributed by atoms with Crippen molar-refractivity contribution in [2.75, 3.05) is 18.0 Å². The number of ether oxygens (including phenoxy) is 1. The number of carbonyl (C=O) groups is 1. The van der Waals surface area contributed by atoms with Crippen LogP contribution in [0.5, 0.6) is 5.75 Å². The molecule has 0 amide bonds. The van der Waals surface area contributed by atoms with Gasteiger partial charge >= 0.3 is 11.7 Å². The van der Waals surface area contributed by atoms with E-state index < -0.39 is 21.7 Å². The number of H-pyrrole nitrogens is 1. The van der Waals surface area contributed by atoms with E-state index in [4.69, 9.17) is 16.3 Å². The molecule has 5 rings (SSSR count). The molecule has 0 bridgehead atoms. The second kappa shape index (κ2) is 8.95. The summed E-state index contributed by atoms with van der Waals surface area (Å²) >= 11 is 8.02. The molecule has 1 aliphatic heterocycles. The predicted molar refractivity (Wildman–Crippen MR) is 137 cm³/mol. The molecule has 0 saturated heterocycles. The summed E-state index contributed by atoms with van der Waals surface area (Å²) in [6.07, 6.45) is 2.35. The standard InChI is InChI=1S/C23H21ClN4O6S2/c1-12-9-14(22(29)30)25-21-20(12)26-23(31)28(21)16-11-19(17(34-2)10-13(16)24)36(32,33)27-7-4-3-5-18-15(27)6-8-35-18/h6,8-11H,3-5,7H2,1-2H3,(H,26,31)(H,29,30). The van der Waals surface area contributed by atoms with Crippen LogP contribution in [0.4, 0.5) is 5.69 Å². The Balaban J connectivity index is 1.76. The molecule has 0 aliphatic carbocycles. The first-order valence-electron chi connectivity index (χ1n) is 11.0. The molecule has 0 spiro atoms. The van der Waals surface area contributed by atoms with Crippen molar-refractivity contribution in [1.82, 2.24) is 14.5 Å². The molecule has 0 fully saturated rings. The molecule has 0 atom stereocenters. The number of methoxy groups -OCH3 is 1. The number of carboxylic acid groups (broad SMARTS) is 1. The minimum atomic E-state index is -4.12. The van der Waals surface area contributed by atoms with E-state index in [-0.39, 0.29) is 32.7 Å². The van der Waals surface area contributed by atoms with Crippen LogP contribution in [0.1, 0.15) is 33.8 Å². The summed E-state index contributed by atoms with van der Waals surface area (Å²) in [5.41, 5.74) is 0.568. The highest BCUT2D eigenvalue weighted by Crippen LogP contribution is 2.39. The fourth-order valence-electron chi connectivity index (χ4n) is 4.39. The van der Waals surface area contributed by atoms with E-state index >= 15 is 0 Å². The van der Waals surface area contributed by atoms with Crippen LogP contribution in [0.15, 0.2) is 39.3 Å². The van der Waals surface area contributed by atoms with Crippen molar-refractivity contribution in [2.45, 2.75) is 31.1 Å². The zero-order valence-electron chi connectivity index (χ0n) is 19.2. The number of nitrogens with one attached hydrogen (secondary N) is 1. The summed E-state index contributed by atoms with van der Waals surface area (Å²) < 4.78 is 35.8. The lowest BCUT2D eigenvalue weighted by atomic mass is 10.2. The smallest absolute Gasteiger partial charge is 0.354 e. The fraction of sp³-hybridized carbons (Fsp3) is 0.261. The lowest BCUT2D eigenvalue weighted by Gasteiger charge is -2.24. The number of carboxylic acids is 1. The molecule has 1 aliphatic rings. The second-order valence-corrected chi connectivity index (χ2v) is 11.6. The molecule has 0 radical (unpaired) electrons. The number of aryl methyl sites for hydroxylation is 2. The van der Waals surface area contributed by atoms with Crippen molar-refractivity contribution in [3.63, 3.8) is 0 Å². The highest BCUT2D eigenvalue weighted by atomic mass is 35.5. The normalized spacial score (nSPS) is 14.0. The van der Waals surface area contributed by atoms with Gasteiger partial charge in [0.15, 0.2) is 11.3 Å². The summed E-state index contributed by atoms with van der Waals surface area (Å²) in [6.45, 7) is 1.93. The Labute approximate surface area is 214 Å². The molecular formula is C23H21ClN4O6S2. The number of benzene rings is 1. The number of rotatable bonds is 5. The maximum Gasteiger partial charge on any atom is 0.354 e. The van der Waals surface area contributed by atoms with Gasteiger partial charge in [0, 0.05) is 17.5 Å². The summed E-state index contributed by atoms with van der Waals surface area (Å²) in [4.78, 5) is 32.2. The van der Waals surface area contributed by atoms with E-state index in [1.54, 1.807) is 13.0 Å². The fourth-order valence-corrected chi connectivity index (χ4v) is 7.31. The number of anilines is 1. The number of halogens is 1. The minimum Gasteiger partial charge on any atom is -0.495 e. The number of hydrogen-bond acceptors (Lipinski definition) is 7. The van der Waals surface area contributed by atoms with Crippen LogP contribution < -0.4 is 14.7 Å². The van der Waals surface area contributed by atoms with Gasteiger partial charge in [0.1, 0.15) is 10.6 Å². The Kier molecular flexibility index (Phi) is 6.05. The van der Waals surface area contributed by atoms with Crippen LogP contribution in [0.2, 0.25) is 5.02 Å². The van der Waals surface area contributed by atoms with Crippen LogP contribution in [-0.2, 0) is 16.4 Å². The van der Waals surface area contributed by atoms with Gasteiger partial charge in [0.2, 0.25) is 0 Å². The van der Waals surface area contributed by atoms with Gasteiger partial charge in [0.05, 0.1) is 29.0 Å². The SMILES string of the molecule is COc1cc(Cl)c(-n2c(=O)[nH]c3c(C)cc(C(=O)O)nc32)cc1S(=O)(=O)N1CCCCc2sccc21. The van der Waals surface area contributed by atoms with Crippen molar-refractivity contribution in [1.29, 1.82) is 0 Å². The Morgan fingerprint density at radius 3 is 2.75 bits per heavy atom. The second-order valence-electron chi connectivity index (χ2n) is 8.31. The maximum atomic E-state index is 14.0. The number of nitrogens with zero attached hydrogens (tertiary/aromatic N) is 3. The molecule has 10 nitrogen and oxygen atoms in total. The molecule has 0 unspecified atom stereocenters. The van der Waals surface area contributed by atoms with Crippen molar-refractivity contribution < 1.29 is 23.1 Å². The molecule has 13 heteroatoms. The van der Waals surface area contributed by atoms with Gasteiger partial charge in [-0.2, -0.15) is 0 Å². The quantitative estimate of drug-likeness (QED) is 0.385. The molecule has 36 heavy (non-hydrogen) atoms. The van der Waals surface area contributed by atoms with E-state index in [1.165, 1.54) is 41.0 Å². The number of aromatic amines is 1. The van der Waals surface area contributed by atoms with Gasteiger partial charge < -0.3 is 14.8 Å². The van der Waals surface area contributed by atoms with Crippen molar-refractivity contribution in [3.8, 4) is 11.4 Å². The highest BCUT2D eigenvalue weighted by Gasteiger charge is 2.33. The van der Waals surface area contributed by atoms with E-state index in [1.807, 2.05) is 5.38 Å². The van der Waals surface area contributed by atoms with Gasteiger partial charge in [0.25, 0.3) is 10.0 Å². The van der Waals surface area contributed by atoms with Gasteiger partial charge in [-0.1, -0.05) is 11.6 Å². The molecule has 0 saturated carbocycles. The molecule has 4 heterocycles. The number of imidazole rings is 1. The topological polar surface area (TPSA) is 135 Å². The van der Waals surface area contributed by atoms with Gasteiger partial charge in [-0.15, -0.1) is 11.3 Å². The summed E-state index contributed by atoms with van der Waals surface area (Å²) in [7, 11) is -2.78. The number of aromatic carboxylic acids is 1. The summed E-state index contributed by atoms with van der Waals surface area (Å²) in [5, 5.41) is 11.3. The number of hydrogen-bond donors (Lipinski definition) is 2. The van der Waals surface area contributed by atoms with Crippen LogP contribution in [0, 0.1) is 6.92 Å².